The van der Waals surface area contributed by atoms with Gasteiger partial charge < -0.3 is 9.74 Å². The number of amides is 1. The number of nitrogens with zero attached hydrogens (tertiary/aromatic N) is 1. The number of carbonyl (C=O) groups excluding carboxylic acids is 1. The number of benzene rings is 2. The van der Waals surface area contributed by atoms with Crippen molar-refractivity contribution in [3.8, 4) is 0 Å². The van der Waals surface area contributed by atoms with Gasteiger partial charge in [-0.15, -0.1) is 5.48 Å². The van der Waals surface area contributed by atoms with Crippen LogP contribution in [0.4, 0.5) is 5.69 Å². The van der Waals surface area contributed by atoms with Gasteiger partial charge in [0.05, 0.1) is 4.90 Å². The van der Waals surface area contributed by atoms with E-state index in [1.807, 2.05) is 31.1 Å². The topological polar surface area (TPSA) is 87.7 Å². The quantitative estimate of drug-likeness (QED) is 0.849. The molecular formula is C18H21N3O4S. The highest BCUT2D eigenvalue weighted by molar-refractivity contribution is 7.90. The van der Waals surface area contributed by atoms with E-state index < -0.39 is 21.5 Å². The Kier molecular flexibility index (Phi) is 4.41. The summed E-state index contributed by atoms with van der Waals surface area (Å²) < 4.78 is 28.0. The molecule has 8 heteroatoms. The van der Waals surface area contributed by atoms with Crippen LogP contribution in [-0.4, -0.2) is 34.0 Å². The normalized spacial score (nSPS) is 19.8. The van der Waals surface area contributed by atoms with Gasteiger partial charge in [0, 0.05) is 30.6 Å². The molecule has 1 atom stereocenters. The number of anilines is 1. The van der Waals surface area contributed by atoms with Crippen molar-refractivity contribution < 1.29 is 18.0 Å². The molecule has 1 aliphatic heterocycles. The number of rotatable bonds is 4. The summed E-state index contributed by atoms with van der Waals surface area (Å²) in [7, 11) is -0.292. The molecule has 0 aliphatic carbocycles. The summed E-state index contributed by atoms with van der Waals surface area (Å²) in [5, 5.41) is 1.34. The average molecular weight is 375 g/mol. The van der Waals surface area contributed by atoms with E-state index >= 15 is 0 Å². The fourth-order valence-corrected chi connectivity index (χ4v) is 4.11. The van der Waals surface area contributed by atoms with Gasteiger partial charge in [-0.25, -0.2) is 13.1 Å². The Labute approximate surface area is 152 Å². The maximum atomic E-state index is 12.9. The molecule has 3 rings (SSSR count). The molecule has 0 bridgehead atoms. The zero-order valence-electron chi connectivity index (χ0n) is 15.0. The lowest BCUT2D eigenvalue weighted by molar-refractivity contribution is -0.126. The maximum absolute atomic E-state index is 12.9. The zero-order chi connectivity index (χ0) is 19.1. The number of hydrogen-bond acceptors (Lipinski definition) is 6. The van der Waals surface area contributed by atoms with Gasteiger partial charge in [0.1, 0.15) is 6.26 Å². The summed E-state index contributed by atoms with van der Waals surface area (Å²) in [4.78, 5) is 19.5. The third kappa shape index (κ3) is 2.91. The molecule has 2 N–H and O–H groups in total. The standard InChI is InChI=1S/C18H21N3O4S/c1-12-11-25-20-18(12,2)17(22)19-26(23,24)16-10-6-7-13-14(16)8-5-9-15(13)21(3)4/h5-11,20H,1-4H3,(H,19,22). The van der Waals surface area contributed by atoms with Crippen molar-refractivity contribution >= 4 is 32.4 Å². The number of sulfonamides is 1. The lowest BCUT2D eigenvalue weighted by Gasteiger charge is -2.23. The average Bonchev–Trinajstić information content (AvgIpc) is 2.93. The van der Waals surface area contributed by atoms with Crippen LogP contribution in [0.2, 0.25) is 0 Å². The van der Waals surface area contributed by atoms with Crippen molar-refractivity contribution in [2.75, 3.05) is 19.0 Å². The van der Waals surface area contributed by atoms with Crippen molar-refractivity contribution in [3.63, 3.8) is 0 Å². The van der Waals surface area contributed by atoms with Gasteiger partial charge in [0.15, 0.2) is 5.54 Å². The van der Waals surface area contributed by atoms with Crippen LogP contribution in [0.15, 0.2) is 53.1 Å². The Morgan fingerprint density at radius 3 is 2.42 bits per heavy atom. The molecule has 1 amide bonds. The van der Waals surface area contributed by atoms with Gasteiger partial charge in [-0.3, -0.25) is 4.79 Å². The summed E-state index contributed by atoms with van der Waals surface area (Å²) >= 11 is 0. The molecule has 7 nitrogen and oxygen atoms in total. The van der Waals surface area contributed by atoms with Crippen LogP contribution in [0.1, 0.15) is 13.8 Å². The fraction of sp³-hybridized carbons (Fsp3) is 0.278. The lowest BCUT2D eigenvalue weighted by Crippen LogP contribution is -2.53. The number of hydrogen-bond donors (Lipinski definition) is 2. The maximum Gasteiger partial charge on any atom is 0.264 e. The molecule has 1 unspecified atom stereocenters. The number of hydroxylamine groups is 1. The Morgan fingerprint density at radius 2 is 1.81 bits per heavy atom. The van der Waals surface area contributed by atoms with Crippen molar-refractivity contribution in [1.29, 1.82) is 0 Å². The minimum atomic E-state index is -4.07. The number of nitrogens with one attached hydrogen (secondary N) is 2. The van der Waals surface area contributed by atoms with Crippen LogP contribution < -0.4 is 15.1 Å². The van der Waals surface area contributed by atoms with Crippen molar-refractivity contribution in [2.45, 2.75) is 24.3 Å². The second-order valence-electron chi connectivity index (χ2n) is 6.60. The van der Waals surface area contributed by atoms with E-state index in [1.54, 1.807) is 32.0 Å². The highest BCUT2D eigenvalue weighted by Gasteiger charge is 2.41. The Morgan fingerprint density at radius 1 is 1.15 bits per heavy atom. The number of carbonyl (C=O) groups is 1. The number of fused-ring (bicyclic) bond motifs is 1. The van der Waals surface area contributed by atoms with Crippen LogP contribution in [0.5, 0.6) is 0 Å². The highest BCUT2D eigenvalue weighted by atomic mass is 32.2. The predicted octanol–water partition coefficient (Wildman–Crippen LogP) is 1.91. The molecule has 2 aromatic carbocycles. The largest absolute Gasteiger partial charge is 0.415 e. The monoisotopic (exact) mass is 375 g/mol. The molecule has 0 fully saturated rings. The summed E-state index contributed by atoms with van der Waals surface area (Å²) in [6.45, 7) is 3.25. The fourth-order valence-electron chi connectivity index (χ4n) is 2.83. The van der Waals surface area contributed by atoms with Gasteiger partial charge in [0.2, 0.25) is 0 Å². The van der Waals surface area contributed by atoms with Gasteiger partial charge in [-0.05, 0) is 31.6 Å². The third-order valence-electron chi connectivity index (χ3n) is 4.60. The molecule has 0 spiro atoms. The van der Waals surface area contributed by atoms with Crippen molar-refractivity contribution in [1.82, 2.24) is 10.2 Å². The van der Waals surface area contributed by atoms with Gasteiger partial charge >= 0.3 is 0 Å². The minimum absolute atomic E-state index is 0.0520. The lowest BCUT2D eigenvalue weighted by atomic mass is 9.95. The van der Waals surface area contributed by atoms with Gasteiger partial charge in [0.25, 0.3) is 15.9 Å². The molecular weight excluding hydrogens is 354 g/mol. The first-order chi connectivity index (χ1) is 12.2. The third-order valence-corrected chi connectivity index (χ3v) is 5.99. The molecule has 0 radical (unpaired) electrons. The SMILES string of the molecule is CC1=CONC1(C)C(=O)NS(=O)(=O)c1cccc2c(N(C)C)cccc12. The first-order valence-corrected chi connectivity index (χ1v) is 9.51. The van der Waals surface area contributed by atoms with Crippen LogP contribution >= 0.6 is 0 Å². The summed E-state index contributed by atoms with van der Waals surface area (Å²) in [5.74, 6) is -0.704. The predicted molar refractivity (Wildman–Crippen MR) is 100.0 cm³/mol. The first kappa shape index (κ1) is 18.2. The Bertz CT molecular complexity index is 1010. The Balaban J connectivity index is 2.04. The molecule has 0 saturated carbocycles. The van der Waals surface area contributed by atoms with E-state index in [0.29, 0.717) is 11.0 Å². The van der Waals surface area contributed by atoms with Gasteiger partial charge in [-0.1, -0.05) is 24.3 Å². The summed E-state index contributed by atoms with van der Waals surface area (Å²) in [6, 6.07) is 10.4. The van der Waals surface area contributed by atoms with E-state index in [-0.39, 0.29) is 4.90 Å². The van der Waals surface area contributed by atoms with E-state index in [4.69, 9.17) is 4.84 Å². The summed E-state index contributed by atoms with van der Waals surface area (Å²) in [5.41, 5.74) is 2.77. The van der Waals surface area contributed by atoms with Crippen molar-refractivity contribution in [2.24, 2.45) is 0 Å². The van der Waals surface area contributed by atoms with Gasteiger partial charge in [-0.2, -0.15) is 0 Å². The molecule has 138 valence electrons. The minimum Gasteiger partial charge on any atom is -0.415 e. The van der Waals surface area contributed by atoms with E-state index in [0.717, 1.165) is 11.1 Å². The van der Waals surface area contributed by atoms with E-state index in [9.17, 15) is 13.2 Å². The smallest absolute Gasteiger partial charge is 0.264 e. The molecule has 0 aromatic heterocycles. The Hall–Kier alpha value is -2.58. The zero-order valence-corrected chi connectivity index (χ0v) is 15.8. The van der Waals surface area contributed by atoms with Crippen LogP contribution in [0.3, 0.4) is 0 Å². The highest BCUT2D eigenvalue weighted by Crippen LogP contribution is 2.30. The molecule has 26 heavy (non-hydrogen) atoms. The second kappa shape index (κ2) is 6.30. The summed E-state index contributed by atoms with van der Waals surface area (Å²) in [6.07, 6.45) is 1.38. The molecule has 2 aromatic rings. The second-order valence-corrected chi connectivity index (χ2v) is 8.25. The first-order valence-electron chi connectivity index (χ1n) is 8.03. The van der Waals surface area contributed by atoms with E-state index in [1.165, 1.54) is 12.3 Å². The van der Waals surface area contributed by atoms with Crippen LogP contribution in [0, 0.1) is 0 Å². The molecule has 1 heterocycles. The van der Waals surface area contributed by atoms with E-state index in [2.05, 4.69) is 10.2 Å². The molecule has 0 saturated heterocycles. The van der Waals surface area contributed by atoms with Crippen LogP contribution in [0.25, 0.3) is 10.8 Å². The molecule has 1 aliphatic rings. The van der Waals surface area contributed by atoms with Crippen molar-refractivity contribution in [3.05, 3.63) is 48.2 Å². The van der Waals surface area contributed by atoms with Crippen LogP contribution in [-0.2, 0) is 19.7 Å².